The molecule has 0 unspecified atom stereocenters. The summed E-state index contributed by atoms with van der Waals surface area (Å²) in [6.07, 6.45) is 12.6. The van der Waals surface area contributed by atoms with Gasteiger partial charge in [-0.25, -0.2) is 43.2 Å². The van der Waals surface area contributed by atoms with E-state index in [2.05, 4.69) is 51.8 Å². The Kier molecular flexibility index (Phi) is 30.8. The first-order valence-electron chi connectivity index (χ1n) is 38.1. The number of rotatable bonds is 28. The molecule has 39 heteroatoms. The highest BCUT2D eigenvalue weighted by Gasteiger charge is 2.47. The Hall–Kier alpha value is -6.28. The zero-order valence-electron chi connectivity index (χ0n) is 69.9. The number of anilines is 4. The van der Waals surface area contributed by atoms with Crippen LogP contribution >= 0.6 is 11.3 Å². The number of piperidine rings is 3. The zero-order valence-corrected chi connectivity index (χ0v) is 73.2. The van der Waals surface area contributed by atoms with Crippen molar-refractivity contribution in [3.05, 3.63) is 63.1 Å². The number of sulfonamides is 3. The molecule has 1 saturated carbocycles. The smallest absolute Gasteiger partial charge is 0.246 e. The summed E-state index contributed by atoms with van der Waals surface area (Å²) in [5.41, 5.74) is -3.88. The summed E-state index contributed by atoms with van der Waals surface area (Å²) < 4.78 is 106. The van der Waals surface area contributed by atoms with E-state index in [0.29, 0.717) is 132 Å². The Morgan fingerprint density at radius 1 is 0.522 bits per heavy atom. The fourth-order valence-corrected chi connectivity index (χ4v) is 16.9. The predicted molar refractivity (Wildman–Crippen MR) is 428 cm³/mol. The lowest BCUT2D eigenvalue weighted by Gasteiger charge is -2.43. The number of nitrogens with zero attached hydrogens (tertiary/aromatic N) is 12. The van der Waals surface area contributed by atoms with Gasteiger partial charge in [0.15, 0.2) is 0 Å². The first-order valence-corrected chi connectivity index (χ1v) is 44.5. The average Bonchev–Trinajstić information content (AvgIpc) is 1.58. The molecule has 4 amide bonds. The minimum absolute atomic E-state index is 0.0219. The number of nitrogens with one attached hydrogen (secondary N) is 4. The number of carbonyl (C=O) groups is 4. The van der Waals surface area contributed by atoms with Gasteiger partial charge >= 0.3 is 0 Å². The number of aliphatic hydroxyl groups excluding tert-OH is 1. The van der Waals surface area contributed by atoms with Crippen LogP contribution in [0, 0.1) is 6.92 Å². The Morgan fingerprint density at radius 2 is 0.841 bits per heavy atom. The van der Waals surface area contributed by atoms with Crippen LogP contribution in [0.2, 0.25) is 0 Å². The molecule has 10 rings (SSSR count). The molecule has 638 valence electrons. The van der Waals surface area contributed by atoms with Crippen molar-refractivity contribution in [1.29, 1.82) is 0 Å². The molecular weight excluding hydrogens is 1550 g/mol. The Labute approximate surface area is 670 Å². The molecule has 5 aliphatic rings. The van der Waals surface area contributed by atoms with Gasteiger partial charge < -0.3 is 42.9 Å². The summed E-state index contributed by atoms with van der Waals surface area (Å²) in [4.78, 5) is 65.0. The average molecular weight is 1670 g/mol. The van der Waals surface area contributed by atoms with Gasteiger partial charge in [0, 0.05) is 123 Å². The lowest BCUT2D eigenvalue weighted by molar-refractivity contribution is -0.128. The number of aromatic nitrogens is 5. The Morgan fingerprint density at radius 3 is 1.16 bits per heavy atom. The van der Waals surface area contributed by atoms with Crippen LogP contribution in [0.5, 0.6) is 0 Å². The summed E-state index contributed by atoms with van der Waals surface area (Å²) in [5.74, 6) is 0.129. The topological polar surface area (TPSA) is 438 Å². The molecule has 5 fully saturated rings. The molecule has 7 N–H and O–H groups in total. The SMILES string of the molecule is CN(C1CCN(S(C)(=O)=O)CC1)C(C)(C)C(=O)Nc1cc(C(C)(C)O)no1.CN(C1CCN(S(C)(=O)=O)CC1)C(C)(C)C(=O)Nc1cc(C2(O)CC2)no1.CN(C1CCOCC1)C(C)(C)C(=O)Nc1cc(C(C)(C)COCCO)no1.Cc1ncc(C(C)(C)c2cc(NC(=O)C(C)(C)N(C)C3CCN(S(C)(=O)=O)CC3)on2)s1. The van der Waals surface area contributed by atoms with E-state index in [9.17, 15) is 54.6 Å². The number of likely N-dealkylation sites (N-methyl/N-ethyl adjacent to an activating group) is 4. The van der Waals surface area contributed by atoms with Crippen molar-refractivity contribution in [3.8, 4) is 0 Å². The quantitative estimate of drug-likeness (QED) is 0.0269. The molecule has 9 heterocycles. The number of hydrogen-bond donors (Lipinski definition) is 7. The normalized spacial score (nSPS) is 18.3. The highest BCUT2D eigenvalue weighted by molar-refractivity contribution is 7.88. The second-order valence-electron chi connectivity index (χ2n) is 33.9. The van der Waals surface area contributed by atoms with E-state index in [0.717, 1.165) is 41.6 Å². The van der Waals surface area contributed by atoms with Crippen molar-refractivity contribution in [2.45, 2.75) is 236 Å². The van der Waals surface area contributed by atoms with Gasteiger partial charge in [0.1, 0.15) is 22.6 Å². The Bertz CT molecular complexity index is 4210. The fraction of sp³-hybridized carbons (Fsp3) is 0.743. The molecule has 0 atom stereocenters. The first-order chi connectivity index (χ1) is 52.1. The number of thiazole rings is 1. The van der Waals surface area contributed by atoms with E-state index in [4.69, 9.17) is 32.7 Å². The van der Waals surface area contributed by atoms with Crippen molar-refractivity contribution >= 4 is 88.6 Å². The minimum atomic E-state index is -3.18. The maximum atomic E-state index is 13.1. The van der Waals surface area contributed by atoms with Crippen molar-refractivity contribution < 1.29 is 87.3 Å². The van der Waals surface area contributed by atoms with E-state index in [1.54, 1.807) is 57.2 Å². The van der Waals surface area contributed by atoms with Crippen LogP contribution in [0.3, 0.4) is 0 Å². The molecule has 5 aromatic rings. The van der Waals surface area contributed by atoms with Gasteiger partial charge in [-0.2, -0.15) is 0 Å². The van der Waals surface area contributed by atoms with Gasteiger partial charge in [0.25, 0.3) is 0 Å². The van der Waals surface area contributed by atoms with Gasteiger partial charge in [-0.15, -0.1) is 11.3 Å². The van der Waals surface area contributed by atoms with E-state index in [-0.39, 0.29) is 66.7 Å². The third-order valence-electron chi connectivity index (χ3n) is 22.9. The van der Waals surface area contributed by atoms with Crippen LogP contribution in [0.1, 0.15) is 194 Å². The number of ether oxygens (including phenoxy) is 2. The lowest BCUT2D eigenvalue weighted by Crippen LogP contribution is -2.57. The third-order valence-corrected chi connectivity index (χ3v) is 28.0. The molecule has 0 aromatic carbocycles. The van der Waals surface area contributed by atoms with Gasteiger partial charge in [0.05, 0.1) is 77.1 Å². The summed E-state index contributed by atoms with van der Waals surface area (Å²) in [6.45, 7) is 32.7. The molecule has 1 aliphatic carbocycles. The molecule has 0 spiro atoms. The van der Waals surface area contributed by atoms with Crippen LogP contribution in [0.25, 0.3) is 0 Å². The highest BCUT2D eigenvalue weighted by atomic mass is 32.2. The van der Waals surface area contributed by atoms with E-state index in [1.165, 1.54) is 37.7 Å². The molecule has 4 aliphatic heterocycles. The van der Waals surface area contributed by atoms with Gasteiger partial charge in [0.2, 0.25) is 77.2 Å². The Balaban J connectivity index is 0.000000209. The molecule has 5 aromatic heterocycles. The van der Waals surface area contributed by atoms with Crippen molar-refractivity contribution in [3.63, 3.8) is 0 Å². The number of carbonyl (C=O) groups excluding carboxylic acids is 4. The van der Waals surface area contributed by atoms with E-state index >= 15 is 0 Å². The maximum absolute atomic E-state index is 13.1. The number of amides is 4. The lowest BCUT2D eigenvalue weighted by atomic mass is 9.88. The zero-order chi connectivity index (χ0) is 84.6. The molecule has 0 bridgehead atoms. The summed E-state index contributed by atoms with van der Waals surface area (Å²) >= 11 is 1.61. The second kappa shape index (κ2) is 37.1. The summed E-state index contributed by atoms with van der Waals surface area (Å²) in [6, 6.07) is 7.15. The van der Waals surface area contributed by atoms with Crippen molar-refractivity contribution in [1.82, 2.24) is 58.1 Å². The van der Waals surface area contributed by atoms with Crippen molar-refractivity contribution in [2.24, 2.45) is 0 Å². The molecule has 113 heavy (non-hydrogen) atoms. The van der Waals surface area contributed by atoms with Crippen molar-refractivity contribution in [2.75, 3.05) is 141 Å². The number of aliphatic hydroxyl groups is 3. The second-order valence-corrected chi connectivity index (χ2v) is 41.1. The van der Waals surface area contributed by atoms with Crippen LogP contribution in [0.4, 0.5) is 23.5 Å². The summed E-state index contributed by atoms with van der Waals surface area (Å²) in [7, 11) is -1.92. The predicted octanol–water partition coefficient (Wildman–Crippen LogP) is 6.33. The van der Waals surface area contributed by atoms with Crippen LogP contribution < -0.4 is 21.3 Å². The summed E-state index contributed by atoms with van der Waals surface area (Å²) in [5, 5.41) is 56.8. The first kappa shape index (κ1) is 93.9. The van der Waals surface area contributed by atoms with Gasteiger partial charge in [-0.05, 0) is 182 Å². The standard InChI is InChI=1S/C21H33N5O4S2.C19H33N3O5.C17H28N4O5S.C17H30N4O5S/c1-14-22-13-17(31-14)20(2,3)16-12-18(30-24-16)23-19(27)21(4,5)25(6)15-8-10-26(11-9-15)32(7,28)29;1-18(2,13-26-11-8-23)15-12-16(27-21-15)20-17(24)19(3,4)22(5)14-6-9-25-10-7-14;1-16(2,20(3)12-5-9-21(10-6-12)27(4,24)25)15(22)18-14-11-13(19-26-14)17(23)7-8-17;1-16(2,15(22)18-14-11-13(19-26-14)17(3,4)23)20(5)12-7-9-21(10-8-12)27(6,24)25/h12-13,15H,8-11H2,1-7H3,(H,23,27);12,14,23H,6-11,13H2,1-5H3,(H,20,24);11-12,23H,5-10H2,1-4H3,(H,18,22);11-12,23H,7-10H2,1-6H3,(H,18,22). The number of hydrogen-bond acceptors (Lipinski definition) is 29. The van der Waals surface area contributed by atoms with E-state index in [1.807, 2.05) is 125 Å². The fourth-order valence-electron chi connectivity index (χ4n) is 13.4. The highest BCUT2D eigenvalue weighted by Crippen LogP contribution is 2.45. The minimum Gasteiger partial charge on any atom is -0.394 e. The molecule has 0 radical (unpaired) electrons. The number of aryl methyl sites for hydroxylation is 1. The monoisotopic (exact) mass is 1670 g/mol. The third kappa shape index (κ3) is 24.4. The van der Waals surface area contributed by atoms with E-state index < -0.39 is 74.3 Å². The molecule has 35 nitrogen and oxygen atoms in total. The molecular formula is C74H124N16O19S4. The maximum Gasteiger partial charge on any atom is 0.246 e. The largest absolute Gasteiger partial charge is 0.394 e. The van der Waals surface area contributed by atoms with Crippen LogP contribution in [0.15, 0.2) is 48.6 Å². The van der Waals surface area contributed by atoms with Gasteiger partial charge in [-0.1, -0.05) is 34.5 Å². The van der Waals surface area contributed by atoms with Gasteiger partial charge in [-0.3, -0.25) is 60.0 Å². The van der Waals surface area contributed by atoms with Crippen LogP contribution in [-0.2, 0) is 80.8 Å². The molecule has 4 saturated heterocycles. The van der Waals surface area contributed by atoms with Crippen LogP contribution in [-0.4, -0.2) is 288 Å².